The summed E-state index contributed by atoms with van der Waals surface area (Å²) in [5.74, 6) is -1.71. The molecule has 33 heavy (non-hydrogen) atoms. The largest absolute Gasteiger partial charge is 0.489 e. The molecule has 0 bridgehead atoms. The molecule has 2 N–H and O–H groups in total. The fourth-order valence-corrected chi connectivity index (χ4v) is 4.33. The lowest BCUT2D eigenvalue weighted by Crippen LogP contribution is -2.57. The van der Waals surface area contributed by atoms with E-state index in [0.29, 0.717) is 35.6 Å². The number of pyridine rings is 1. The van der Waals surface area contributed by atoms with E-state index in [2.05, 4.69) is 20.5 Å². The molecule has 2 fully saturated rings. The van der Waals surface area contributed by atoms with Crippen LogP contribution in [0.15, 0.2) is 40.9 Å². The Balaban J connectivity index is 1.36. The predicted molar refractivity (Wildman–Crippen MR) is 120 cm³/mol. The number of halogens is 2. The van der Waals surface area contributed by atoms with E-state index in [1.807, 2.05) is 12.1 Å². The van der Waals surface area contributed by atoms with Gasteiger partial charge in [-0.2, -0.15) is 0 Å². The van der Waals surface area contributed by atoms with Crippen molar-refractivity contribution in [3.8, 4) is 5.75 Å². The molecule has 0 radical (unpaired) electrons. The zero-order valence-corrected chi connectivity index (χ0v) is 18.4. The van der Waals surface area contributed by atoms with Crippen molar-refractivity contribution in [2.45, 2.75) is 38.3 Å². The van der Waals surface area contributed by atoms with Gasteiger partial charge in [0.15, 0.2) is 0 Å². The molecule has 174 valence electrons. The standard InChI is InChI=1S/C24H26F2N4O3/c1-15-21(23(31)29-20-7-9-27-14-24(20,25)26)18-12-17(5-6-19(18)33-15)32-13-16-4-2-8-28-22(16)30-10-3-11-30/h2,4-6,8,12,20,27H,3,7,9-11,13-14H2,1H3,(H,29,31). The molecule has 2 saturated heterocycles. The molecule has 3 aromatic rings. The van der Waals surface area contributed by atoms with Gasteiger partial charge in [-0.1, -0.05) is 6.07 Å². The van der Waals surface area contributed by atoms with Gasteiger partial charge >= 0.3 is 0 Å². The van der Waals surface area contributed by atoms with Crippen LogP contribution in [0.25, 0.3) is 11.0 Å². The van der Waals surface area contributed by atoms with Crippen LogP contribution in [0, 0.1) is 6.92 Å². The molecule has 1 aromatic carbocycles. The molecule has 0 spiro atoms. The van der Waals surface area contributed by atoms with E-state index in [0.717, 1.165) is 30.9 Å². The molecule has 1 amide bonds. The highest BCUT2D eigenvalue weighted by atomic mass is 19.3. The van der Waals surface area contributed by atoms with Crippen LogP contribution in [0.2, 0.25) is 0 Å². The average Bonchev–Trinajstić information content (AvgIpc) is 3.08. The fourth-order valence-electron chi connectivity index (χ4n) is 4.33. The van der Waals surface area contributed by atoms with Gasteiger partial charge in [-0.05, 0) is 50.6 Å². The predicted octanol–water partition coefficient (Wildman–Crippen LogP) is 3.65. The summed E-state index contributed by atoms with van der Waals surface area (Å²) >= 11 is 0. The molecule has 0 aliphatic carbocycles. The summed E-state index contributed by atoms with van der Waals surface area (Å²) in [4.78, 5) is 19.7. The number of amides is 1. The molecule has 2 aliphatic heterocycles. The second-order valence-electron chi connectivity index (χ2n) is 8.56. The van der Waals surface area contributed by atoms with Gasteiger partial charge in [0.2, 0.25) is 0 Å². The number of alkyl halides is 2. The van der Waals surface area contributed by atoms with Gasteiger partial charge in [0.25, 0.3) is 11.8 Å². The first kappa shape index (κ1) is 21.6. The van der Waals surface area contributed by atoms with E-state index in [1.54, 1.807) is 31.3 Å². The minimum atomic E-state index is -3.01. The molecule has 9 heteroatoms. The molecule has 0 saturated carbocycles. The number of carbonyl (C=O) groups excluding carboxylic acids is 1. The van der Waals surface area contributed by atoms with Gasteiger partial charge < -0.3 is 24.7 Å². The first-order chi connectivity index (χ1) is 15.9. The molecule has 1 atom stereocenters. The van der Waals surface area contributed by atoms with Crippen LogP contribution >= 0.6 is 0 Å². The Hall–Kier alpha value is -3.20. The average molecular weight is 456 g/mol. The number of hydrogen-bond acceptors (Lipinski definition) is 6. The van der Waals surface area contributed by atoms with E-state index < -0.39 is 24.4 Å². The topological polar surface area (TPSA) is 79.6 Å². The van der Waals surface area contributed by atoms with Crippen molar-refractivity contribution in [3.63, 3.8) is 0 Å². The van der Waals surface area contributed by atoms with Crippen LogP contribution in [-0.4, -0.2) is 49.0 Å². The summed E-state index contributed by atoms with van der Waals surface area (Å²) in [7, 11) is 0. The molecule has 4 heterocycles. The highest BCUT2D eigenvalue weighted by molar-refractivity contribution is 6.07. The minimum absolute atomic E-state index is 0.159. The summed E-state index contributed by atoms with van der Waals surface area (Å²) in [6, 6.07) is 7.87. The normalized spacial score (nSPS) is 19.8. The van der Waals surface area contributed by atoms with Crippen molar-refractivity contribution in [3.05, 3.63) is 53.4 Å². The molecule has 5 rings (SSSR count). The van der Waals surface area contributed by atoms with Crippen LogP contribution in [0.1, 0.15) is 34.5 Å². The number of anilines is 1. The van der Waals surface area contributed by atoms with Crippen LogP contribution in [0.3, 0.4) is 0 Å². The van der Waals surface area contributed by atoms with Gasteiger partial charge in [-0.15, -0.1) is 0 Å². The first-order valence-corrected chi connectivity index (χ1v) is 11.2. The number of fused-ring (bicyclic) bond motifs is 1. The summed E-state index contributed by atoms with van der Waals surface area (Å²) in [5, 5.41) is 5.71. The van der Waals surface area contributed by atoms with Crippen LogP contribution in [0.4, 0.5) is 14.6 Å². The highest BCUT2D eigenvalue weighted by Gasteiger charge is 2.42. The van der Waals surface area contributed by atoms with Crippen molar-refractivity contribution in [1.82, 2.24) is 15.6 Å². The minimum Gasteiger partial charge on any atom is -0.489 e. The van der Waals surface area contributed by atoms with Gasteiger partial charge in [0.1, 0.15) is 29.5 Å². The van der Waals surface area contributed by atoms with Crippen molar-refractivity contribution >= 4 is 22.7 Å². The Kier molecular flexibility index (Phi) is 5.65. The van der Waals surface area contributed by atoms with Gasteiger partial charge in [0, 0.05) is 30.2 Å². The smallest absolute Gasteiger partial charge is 0.280 e. The van der Waals surface area contributed by atoms with Gasteiger partial charge in [-0.3, -0.25) is 4.79 Å². The van der Waals surface area contributed by atoms with E-state index >= 15 is 0 Å². The number of benzene rings is 1. The number of nitrogens with zero attached hydrogens (tertiary/aromatic N) is 2. The Labute approximate surface area is 190 Å². The zero-order valence-electron chi connectivity index (χ0n) is 18.4. The van der Waals surface area contributed by atoms with Crippen LogP contribution < -0.4 is 20.3 Å². The van der Waals surface area contributed by atoms with Gasteiger partial charge in [-0.25, -0.2) is 13.8 Å². The zero-order chi connectivity index (χ0) is 23.0. The number of rotatable bonds is 6. The molecular formula is C24H26F2N4O3. The number of piperidine rings is 1. The number of carbonyl (C=O) groups is 1. The van der Waals surface area contributed by atoms with Gasteiger partial charge in [0.05, 0.1) is 18.2 Å². The number of ether oxygens (including phenoxy) is 1. The highest BCUT2D eigenvalue weighted by Crippen LogP contribution is 2.31. The SMILES string of the molecule is Cc1oc2ccc(OCc3cccnc3N3CCC3)cc2c1C(=O)NC1CCNCC1(F)F. The summed E-state index contributed by atoms with van der Waals surface area (Å²) in [6.45, 7) is 3.93. The van der Waals surface area contributed by atoms with E-state index in [9.17, 15) is 13.6 Å². The third-order valence-electron chi connectivity index (χ3n) is 6.27. The Morgan fingerprint density at radius 2 is 2.21 bits per heavy atom. The molecule has 7 nitrogen and oxygen atoms in total. The summed E-state index contributed by atoms with van der Waals surface area (Å²) in [5.41, 5.74) is 1.74. The van der Waals surface area contributed by atoms with Crippen molar-refractivity contribution in [1.29, 1.82) is 0 Å². The maximum Gasteiger partial charge on any atom is 0.280 e. The third kappa shape index (κ3) is 4.25. The number of hydrogen-bond donors (Lipinski definition) is 2. The molecule has 1 unspecified atom stereocenters. The maximum atomic E-state index is 14.2. The van der Waals surface area contributed by atoms with E-state index in [4.69, 9.17) is 9.15 Å². The maximum absolute atomic E-state index is 14.2. The lowest BCUT2D eigenvalue weighted by molar-refractivity contribution is -0.0487. The quantitative estimate of drug-likeness (QED) is 0.590. The Morgan fingerprint density at radius 3 is 2.97 bits per heavy atom. The second-order valence-corrected chi connectivity index (χ2v) is 8.56. The van der Waals surface area contributed by atoms with E-state index in [-0.39, 0.29) is 12.0 Å². The number of furan rings is 1. The molecule has 2 aliphatic rings. The fraction of sp³-hybridized carbons (Fsp3) is 0.417. The number of nitrogens with one attached hydrogen (secondary N) is 2. The summed E-state index contributed by atoms with van der Waals surface area (Å²) < 4.78 is 40.1. The van der Waals surface area contributed by atoms with Crippen molar-refractivity contribution in [2.75, 3.05) is 31.1 Å². The molecule has 2 aromatic heterocycles. The lowest BCUT2D eigenvalue weighted by Gasteiger charge is -2.33. The third-order valence-corrected chi connectivity index (χ3v) is 6.27. The van der Waals surface area contributed by atoms with Crippen LogP contribution in [-0.2, 0) is 6.61 Å². The summed E-state index contributed by atoms with van der Waals surface area (Å²) in [6.07, 6.45) is 3.09. The number of aryl methyl sites for hydroxylation is 1. The van der Waals surface area contributed by atoms with Crippen molar-refractivity contribution < 1.29 is 22.7 Å². The lowest BCUT2D eigenvalue weighted by atomic mass is 10.0. The Morgan fingerprint density at radius 1 is 1.36 bits per heavy atom. The van der Waals surface area contributed by atoms with Crippen LogP contribution in [0.5, 0.6) is 5.75 Å². The first-order valence-electron chi connectivity index (χ1n) is 11.2. The van der Waals surface area contributed by atoms with Crippen molar-refractivity contribution in [2.24, 2.45) is 0 Å². The van der Waals surface area contributed by atoms with E-state index in [1.165, 1.54) is 0 Å². The number of aromatic nitrogens is 1. The Bertz CT molecular complexity index is 1180. The monoisotopic (exact) mass is 456 g/mol. The molecular weight excluding hydrogens is 430 g/mol. The second kappa shape index (κ2) is 8.62.